The fraction of sp³-hybridized carbons (Fsp3) is 0.650. The second-order valence-electron chi connectivity index (χ2n) is 7.45. The van der Waals surface area contributed by atoms with Crippen LogP contribution in [0.25, 0.3) is 0 Å². The normalized spacial score (nSPS) is 27.5. The van der Waals surface area contributed by atoms with Crippen molar-refractivity contribution >= 4 is 5.91 Å². The van der Waals surface area contributed by atoms with Crippen molar-refractivity contribution in [1.29, 1.82) is 0 Å². The molecule has 24 heavy (non-hydrogen) atoms. The van der Waals surface area contributed by atoms with Gasteiger partial charge in [0.2, 0.25) is 5.91 Å². The summed E-state index contributed by atoms with van der Waals surface area (Å²) in [5.41, 5.74) is 4.77. The van der Waals surface area contributed by atoms with Gasteiger partial charge in [0.15, 0.2) is 0 Å². The number of likely N-dealkylation sites (tertiary alicyclic amines) is 1. The highest BCUT2D eigenvalue weighted by Gasteiger charge is 2.39. The number of rotatable bonds is 3. The van der Waals surface area contributed by atoms with E-state index in [0.29, 0.717) is 26.1 Å². The Hall–Kier alpha value is -1.39. The zero-order valence-corrected chi connectivity index (χ0v) is 15.0. The molecular weight excluding hydrogens is 302 g/mol. The van der Waals surface area contributed by atoms with Crippen molar-refractivity contribution < 1.29 is 14.6 Å². The molecule has 0 bridgehead atoms. The first-order valence-electron chi connectivity index (χ1n) is 9.09. The lowest BCUT2D eigenvalue weighted by Crippen LogP contribution is -2.48. The van der Waals surface area contributed by atoms with Crippen LogP contribution in [-0.4, -0.2) is 47.8 Å². The van der Waals surface area contributed by atoms with Crippen LogP contribution in [-0.2, 0) is 16.0 Å². The van der Waals surface area contributed by atoms with E-state index in [1.54, 1.807) is 0 Å². The van der Waals surface area contributed by atoms with Gasteiger partial charge in [0.25, 0.3) is 0 Å². The second-order valence-corrected chi connectivity index (χ2v) is 7.45. The number of aliphatic hydroxyl groups is 1. The fourth-order valence-corrected chi connectivity index (χ4v) is 4.40. The Morgan fingerprint density at radius 1 is 1.25 bits per heavy atom. The van der Waals surface area contributed by atoms with Gasteiger partial charge in [0, 0.05) is 25.1 Å². The average Bonchev–Trinajstić information content (AvgIpc) is 3.00. The molecule has 0 spiro atoms. The van der Waals surface area contributed by atoms with Gasteiger partial charge in [0.05, 0.1) is 19.1 Å². The number of nitrogens with zero attached hydrogens (tertiary/aromatic N) is 1. The molecule has 1 aromatic carbocycles. The Morgan fingerprint density at radius 2 is 1.96 bits per heavy atom. The minimum Gasteiger partial charge on any atom is -0.393 e. The highest BCUT2D eigenvalue weighted by Crippen LogP contribution is 2.30. The molecule has 2 aliphatic rings. The van der Waals surface area contributed by atoms with Crippen molar-refractivity contribution in [3.8, 4) is 0 Å². The summed E-state index contributed by atoms with van der Waals surface area (Å²) < 4.78 is 5.56. The molecule has 4 nitrogen and oxygen atoms in total. The highest BCUT2D eigenvalue weighted by molar-refractivity contribution is 5.80. The van der Waals surface area contributed by atoms with Crippen LogP contribution in [0.5, 0.6) is 0 Å². The molecule has 3 rings (SSSR count). The molecule has 0 radical (unpaired) electrons. The zero-order valence-electron chi connectivity index (χ0n) is 15.0. The summed E-state index contributed by atoms with van der Waals surface area (Å²) in [6, 6.07) is 4.42. The summed E-state index contributed by atoms with van der Waals surface area (Å²) in [7, 11) is 0. The van der Waals surface area contributed by atoms with Crippen molar-refractivity contribution in [3.05, 3.63) is 34.4 Å². The first-order valence-corrected chi connectivity index (χ1v) is 9.09. The molecule has 2 aliphatic heterocycles. The Kier molecular flexibility index (Phi) is 5.26. The fourth-order valence-electron chi connectivity index (χ4n) is 4.40. The van der Waals surface area contributed by atoms with Crippen molar-refractivity contribution in [2.75, 3.05) is 19.8 Å². The standard InChI is InChI=1S/C20H29NO3/c1-13-9-14(2)16(15(3)10-13)11-20(23)21-7-4-5-18(21)17-12-24-8-6-19(17)22/h9-10,17-19,22H,4-8,11-12H2,1-3H3/t17-,18-,19-/m1/s1. The molecule has 0 aliphatic carbocycles. The van der Waals surface area contributed by atoms with E-state index in [2.05, 4.69) is 32.9 Å². The highest BCUT2D eigenvalue weighted by atomic mass is 16.5. The molecule has 0 saturated carbocycles. The molecule has 132 valence electrons. The van der Waals surface area contributed by atoms with Crippen LogP contribution >= 0.6 is 0 Å². The Labute approximate surface area is 144 Å². The van der Waals surface area contributed by atoms with Crippen LogP contribution in [0, 0.1) is 26.7 Å². The van der Waals surface area contributed by atoms with E-state index in [0.717, 1.165) is 24.9 Å². The molecule has 1 aromatic rings. The lowest BCUT2D eigenvalue weighted by atomic mass is 9.89. The first kappa shape index (κ1) is 17.4. The van der Waals surface area contributed by atoms with Gasteiger partial charge in [-0.05, 0) is 56.7 Å². The summed E-state index contributed by atoms with van der Waals surface area (Å²) >= 11 is 0. The third-order valence-corrected chi connectivity index (χ3v) is 5.64. The predicted octanol–water partition coefficient (Wildman–Crippen LogP) is 2.54. The summed E-state index contributed by atoms with van der Waals surface area (Å²) in [6.07, 6.45) is 2.78. The molecule has 2 fully saturated rings. The molecule has 1 amide bonds. The van der Waals surface area contributed by atoms with E-state index < -0.39 is 0 Å². The molecular formula is C20H29NO3. The van der Waals surface area contributed by atoms with Crippen molar-refractivity contribution in [2.45, 2.75) is 58.6 Å². The Morgan fingerprint density at radius 3 is 2.62 bits per heavy atom. The van der Waals surface area contributed by atoms with Gasteiger partial charge in [-0.2, -0.15) is 0 Å². The number of aliphatic hydroxyl groups excluding tert-OH is 1. The van der Waals surface area contributed by atoms with Crippen LogP contribution in [0.1, 0.15) is 41.5 Å². The average molecular weight is 331 g/mol. The molecule has 2 heterocycles. The van der Waals surface area contributed by atoms with Crippen LogP contribution in [0.3, 0.4) is 0 Å². The molecule has 0 unspecified atom stereocenters. The van der Waals surface area contributed by atoms with Gasteiger partial charge in [-0.3, -0.25) is 4.79 Å². The largest absolute Gasteiger partial charge is 0.393 e. The number of ether oxygens (including phenoxy) is 1. The lowest BCUT2D eigenvalue weighted by molar-refractivity contribution is -0.135. The summed E-state index contributed by atoms with van der Waals surface area (Å²) in [5.74, 6) is 0.246. The van der Waals surface area contributed by atoms with Crippen LogP contribution in [0.15, 0.2) is 12.1 Å². The first-order chi connectivity index (χ1) is 11.5. The van der Waals surface area contributed by atoms with Crippen LogP contribution in [0.4, 0.5) is 0 Å². The summed E-state index contributed by atoms with van der Waals surface area (Å²) in [4.78, 5) is 15.0. The van der Waals surface area contributed by atoms with E-state index in [1.165, 1.54) is 16.7 Å². The topological polar surface area (TPSA) is 49.8 Å². The van der Waals surface area contributed by atoms with Gasteiger partial charge in [-0.1, -0.05) is 17.7 Å². The van der Waals surface area contributed by atoms with Crippen molar-refractivity contribution in [1.82, 2.24) is 4.90 Å². The van der Waals surface area contributed by atoms with Gasteiger partial charge in [-0.25, -0.2) is 0 Å². The third-order valence-electron chi connectivity index (χ3n) is 5.64. The van der Waals surface area contributed by atoms with E-state index >= 15 is 0 Å². The number of carbonyl (C=O) groups excluding carboxylic acids is 1. The van der Waals surface area contributed by atoms with E-state index in [1.807, 2.05) is 4.90 Å². The SMILES string of the molecule is Cc1cc(C)c(CC(=O)N2CCC[C@@H]2[C@H]2COCC[C@H]2O)c(C)c1. The predicted molar refractivity (Wildman–Crippen MR) is 94.0 cm³/mol. The maximum Gasteiger partial charge on any atom is 0.227 e. The van der Waals surface area contributed by atoms with Crippen molar-refractivity contribution in [2.24, 2.45) is 5.92 Å². The minimum atomic E-state index is -0.347. The number of aryl methyl sites for hydroxylation is 3. The smallest absolute Gasteiger partial charge is 0.227 e. The quantitative estimate of drug-likeness (QED) is 0.926. The van der Waals surface area contributed by atoms with E-state index in [9.17, 15) is 9.90 Å². The molecule has 1 N–H and O–H groups in total. The molecule has 3 atom stereocenters. The molecule has 4 heteroatoms. The number of hydrogen-bond acceptors (Lipinski definition) is 3. The van der Waals surface area contributed by atoms with E-state index in [4.69, 9.17) is 4.74 Å². The van der Waals surface area contributed by atoms with Gasteiger partial charge < -0.3 is 14.7 Å². The second kappa shape index (κ2) is 7.24. The van der Waals surface area contributed by atoms with Gasteiger partial charge in [0.1, 0.15) is 0 Å². The van der Waals surface area contributed by atoms with E-state index in [-0.39, 0.29) is 24.0 Å². The lowest BCUT2D eigenvalue weighted by Gasteiger charge is -2.37. The number of amides is 1. The number of hydrogen-bond donors (Lipinski definition) is 1. The zero-order chi connectivity index (χ0) is 17.3. The summed E-state index contributed by atoms with van der Waals surface area (Å²) in [5, 5.41) is 10.3. The Bertz CT molecular complexity index is 590. The van der Waals surface area contributed by atoms with Gasteiger partial charge in [-0.15, -0.1) is 0 Å². The van der Waals surface area contributed by atoms with Crippen molar-refractivity contribution in [3.63, 3.8) is 0 Å². The number of benzene rings is 1. The molecule has 2 saturated heterocycles. The molecule has 0 aromatic heterocycles. The monoisotopic (exact) mass is 331 g/mol. The Balaban J connectivity index is 1.74. The van der Waals surface area contributed by atoms with Crippen LogP contribution < -0.4 is 0 Å². The third kappa shape index (κ3) is 3.50. The maximum atomic E-state index is 13.0. The van der Waals surface area contributed by atoms with Crippen LogP contribution in [0.2, 0.25) is 0 Å². The number of carbonyl (C=O) groups is 1. The minimum absolute atomic E-state index is 0.0606. The summed E-state index contributed by atoms with van der Waals surface area (Å²) in [6.45, 7) is 8.26. The maximum absolute atomic E-state index is 13.0. The van der Waals surface area contributed by atoms with Gasteiger partial charge >= 0.3 is 0 Å².